The molecular weight excluding hydrogens is 399 g/mol. The van der Waals surface area contributed by atoms with Gasteiger partial charge in [-0.15, -0.1) is 23.5 Å². The quantitative estimate of drug-likeness (QED) is 0.301. The molecule has 0 N–H and O–H groups in total. The maximum atomic E-state index is 12.1. The fourth-order valence-electron chi connectivity index (χ4n) is 1.51. The van der Waals surface area contributed by atoms with Crippen molar-refractivity contribution in [3.05, 3.63) is 45.2 Å². The second-order valence-corrected chi connectivity index (χ2v) is 8.36. The summed E-state index contributed by atoms with van der Waals surface area (Å²) >= 11 is 12.0. The van der Waals surface area contributed by atoms with Crippen LogP contribution in [0.2, 0.25) is 5.02 Å². The summed E-state index contributed by atoms with van der Waals surface area (Å²) in [6.07, 6.45) is 1.72. The Morgan fingerprint density at radius 3 is 2.89 bits per heavy atom. The highest BCUT2D eigenvalue weighted by atomic mass is 127. The van der Waals surface area contributed by atoms with Gasteiger partial charge in [-0.1, -0.05) is 46.3 Å². The fraction of sp³-hybridized carbons (Fsp3) is 0.308. The number of hydrogen-bond acceptors (Lipinski definition) is 3. The van der Waals surface area contributed by atoms with Gasteiger partial charge in [0.15, 0.2) is 5.78 Å². The molecule has 0 aliphatic carbocycles. The summed E-state index contributed by atoms with van der Waals surface area (Å²) in [7, 11) is 0. The summed E-state index contributed by atoms with van der Waals surface area (Å²) < 4.78 is 2.43. The summed E-state index contributed by atoms with van der Waals surface area (Å²) in [5.41, 5.74) is 0.580. The number of hydrogen-bond donors (Lipinski definition) is 0. The topological polar surface area (TPSA) is 17.1 Å². The van der Waals surface area contributed by atoms with Crippen LogP contribution >= 0.6 is 57.7 Å². The smallest absolute Gasteiger partial charge is 0.188 e. The number of thioether (sulfide) groups is 2. The number of carbonyl (C=O) groups excluding carboxylic acids is 1. The van der Waals surface area contributed by atoms with E-state index in [1.165, 1.54) is 0 Å². The zero-order valence-corrected chi connectivity index (χ0v) is 14.3. The number of alkyl halides is 1. The third-order valence-electron chi connectivity index (χ3n) is 2.54. The van der Waals surface area contributed by atoms with E-state index in [1.807, 2.05) is 12.1 Å². The SMILES string of the molecule is C[C@@]1(CI)CS/C(=C/C(=O)c2ccccc2Cl)S1. The fourth-order valence-corrected chi connectivity index (χ4v) is 5.71. The Hall–Kier alpha value is 0.350. The van der Waals surface area contributed by atoms with Gasteiger partial charge in [0, 0.05) is 30.8 Å². The Balaban J connectivity index is 2.16. The van der Waals surface area contributed by atoms with E-state index in [-0.39, 0.29) is 10.5 Å². The molecule has 1 aliphatic heterocycles. The number of halogens is 2. The predicted molar refractivity (Wildman–Crippen MR) is 91.2 cm³/mol. The van der Waals surface area contributed by atoms with Crippen LogP contribution in [0.1, 0.15) is 17.3 Å². The predicted octanol–water partition coefficient (Wildman–Crippen LogP) is 5.04. The van der Waals surface area contributed by atoms with E-state index < -0.39 is 0 Å². The minimum absolute atomic E-state index is 0.00620. The van der Waals surface area contributed by atoms with Crippen LogP contribution in [0, 0.1) is 0 Å². The van der Waals surface area contributed by atoms with Gasteiger partial charge in [-0.05, 0) is 19.1 Å². The van der Waals surface area contributed by atoms with Crippen molar-refractivity contribution in [3.63, 3.8) is 0 Å². The number of rotatable bonds is 3. The lowest BCUT2D eigenvalue weighted by Crippen LogP contribution is -2.20. The van der Waals surface area contributed by atoms with Gasteiger partial charge in [-0.3, -0.25) is 4.79 Å². The van der Waals surface area contributed by atoms with Crippen LogP contribution in [0.5, 0.6) is 0 Å². The lowest BCUT2D eigenvalue weighted by atomic mass is 10.1. The van der Waals surface area contributed by atoms with Crippen LogP contribution in [0.4, 0.5) is 0 Å². The number of ketones is 1. The number of benzene rings is 1. The molecule has 0 aromatic heterocycles. The number of allylic oxidation sites excluding steroid dienone is 1. The Kier molecular flexibility index (Phi) is 5.08. The lowest BCUT2D eigenvalue weighted by molar-refractivity contribution is 0.104. The first-order valence-electron chi connectivity index (χ1n) is 5.42. The Labute approximate surface area is 134 Å². The molecule has 0 radical (unpaired) electrons. The zero-order chi connectivity index (χ0) is 13.2. The molecule has 1 heterocycles. The van der Waals surface area contributed by atoms with Crippen molar-refractivity contribution in [3.8, 4) is 0 Å². The molecule has 2 rings (SSSR count). The third-order valence-corrected chi connectivity index (χ3v) is 8.14. The van der Waals surface area contributed by atoms with Gasteiger partial charge in [0.05, 0.1) is 5.02 Å². The largest absolute Gasteiger partial charge is 0.289 e. The molecule has 18 heavy (non-hydrogen) atoms. The number of carbonyl (C=O) groups is 1. The first-order valence-corrected chi connectivity index (χ1v) is 9.13. The van der Waals surface area contributed by atoms with Crippen LogP contribution < -0.4 is 0 Å². The van der Waals surface area contributed by atoms with E-state index in [9.17, 15) is 4.79 Å². The molecule has 0 unspecified atom stereocenters. The van der Waals surface area contributed by atoms with E-state index in [2.05, 4.69) is 29.5 Å². The molecule has 1 nitrogen and oxygen atoms in total. The van der Waals surface area contributed by atoms with Gasteiger partial charge in [0.25, 0.3) is 0 Å². The normalized spacial score (nSPS) is 25.6. The Bertz CT molecular complexity index is 504. The summed E-state index contributed by atoms with van der Waals surface area (Å²) in [6.45, 7) is 2.23. The van der Waals surface area contributed by atoms with Crippen molar-refractivity contribution in [2.45, 2.75) is 11.7 Å². The highest BCUT2D eigenvalue weighted by Crippen LogP contribution is 2.49. The lowest BCUT2D eigenvalue weighted by Gasteiger charge is -2.16. The molecule has 0 spiro atoms. The molecular formula is C13H12ClIOS2. The molecule has 1 atom stereocenters. The second-order valence-electron chi connectivity index (χ2n) is 4.28. The summed E-state index contributed by atoms with van der Waals surface area (Å²) in [5, 5.41) is 0.518. The van der Waals surface area contributed by atoms with Crippen molar-refractivity contribution in [2.24, 2.45) is 0 Å². The summed E-state index contributed by atoms with van der Waals surface area (Å²) in [6, 6.07) is 7.18. The average Bonchev–Trinajstić information content (AvgIpc) is 2.72. The van der Waals surface area contributed by atoms with Gasteiger partial charge < -0.3 is 0 Å². The highest BCUT2D eigenvalue weighted by Gasteiger charge is 2.32. The van der Waals surface area contributed by atoms with E-state index >= 15 is 0 Å². The maximum Gasteiger partial charge on any atom is 0.188 e. The molecule has 1 aliphatic rings. The van der Waals surface area contributed by atoms with Crippen LogP contribution in [0.25, 0.3) is 0 Å². The van der Waals surface area contributed by atoms with Crippen molar-refractivity contribution < 1.29 is 4.79 Å². The van der Waals surface area contributed by atoms with E-state index in [1.54, 1.807) is 41.7 Å². The molecule has 0 amide bonds. The van der Waals surface area contributed by atoms with Crippen molar-refractivity contribution in [1.82, 2.24) is 0 Å². The van der Waals surface area contributed by atoms with Crippen molar-refractivity contribution >= 4 is 63.5 Å². The maximum absolute atomic E-state index is 12.1. The average molecular weight is 411 g/mol. The molecule has 5 heteroatoms. The zero-order valence-electron chi connectivity index (χ0n) is 9.78. The molecule has 1 aromatic rings. The third kappa shape index (κ3) is 3.46. The summed E-state index contributed by atoms with van der Waals surface area (Å²) in [4.78, 5) is 12.1. The van der Waals surface area contributed by atoms with E-state index in [4.69, 9.17) is 11.6 Å². The minimum Gasteiger partial charge on any atom is -0.289 e. The Morgan fingerprint density at radius 1 is 1.56 bits per heavy atom. The molecule has 1 aromatic carbocycles. The van der Waals surface area contributed by atoms with Crippen molar-refractivity contribution in [2.75, 3.05) is 10.2 Å². The van der Waals surface area contributed by atoms with Gasteiger partial charge in [0.2, 0.25) is 0 Å². The van der Waals surface area contributed by atoms with Gasteiger partial charge in [-0.2, -0.15) is 0 Å². The highest BCUT2D eigenvalue weighted by molar-refractivity contribution is 14.1. The monoisotopic (exact) mass is 410 g/mol. The van der Waals surface area contributed by atoms with Gasteiger partial charge in [-0.25, -0.2) is 0 Å². The van der Waals surface area contributed by atoms with Gasteiger partial charge >= 0.3 is 0 Å². The van der Waals surface area contributed by atoms with Crippen molar-refractivity contribution in [1.29, 1.82) is 0 Å². The standard InChI is InChI=1S/C13H12ClIOS2/c1-13(7-15)8-17-12(18-13)6-11(16)9-4-2-3-5-10(9)14/h2-6H,7-8H2,1H3/b12-6-/t13-/m1/s1. The van der Waals surface area contributed by atoms with Crippen LogP contribution in [-0.2, 0) is 0 Å². The first-order chi connectivity index (χ1) is 8.54. The first kappa shape index (κ1) is 14.8. The molecule has 96 valence electrons. The minimum atomic E-state index is -0.00620. The molecule has 0 saturated carbocycles. The molecule has 0 bridgehead atoms. The molecule has 1 fully saturated rings. The van der Waals surface area contributed by atoms with Gasteiger partial charge in [0.1, 0.15) is 0 Å². The second kappa shape index (κ2) is 6.20. The van der Waals surface area contributed by atoms with E-state index in [0.717, 1.165) is 14.4 Å². The molecule has 1 saturated heterocycles. The Morgan fingerprint density at radius 2 is 2.28 bits per heavy atom. The van der Waals surface area contributed by atoms with Crippen LogP contribution in [-0.4, -0.2) is 20.7 Å². The van der Waals surface area contributed by atoms with E-state index in [0.29, 0.717) is 10.6 Å². The van der Waals surface area contributed by atoms with Crippen LogP contribution in [0.15, 0.2) is 34.6 Å². The van der Waals surface area contributed by atoms with Crippen LogP contribution in [0.3, 0.4) is 0 Å². The summed E-state index contributed by atoms with van der Waals surface area (Å²) in [5.74, 6) is 1.05.